The number of benzene rings is 1. The minimum atomic E-state index is -1.22. The van der Waals surface area contributed by atoms with E-state index in [9.17, 15) is 24.3 Å². The van der Waals surface area contributed by atoms with Gasteiger partial charge in [0.05, 0.1) is 32.5 Å². The van der Waals surface area contributed by atoms with Crippen molar-refractivity contribution in [3.8, 4) is 17.2 Å². The van der Waals surface area contributed by atoms with Gasteiger partial charge in [-0.1, -0.05) is 19.0 Å². The Bertz CT molecular complexity index is 1100. The van der Waals surface area contributed by atoms with Crippen LogP contribution in [0.2, 0.25) is 0 Å². The van der Waals surface area contributed by atoms with E-state index in [1.807, 2.05) is 0 Å². The first-order valence-electron chi connectivity index (χ1n) is 11.4. The third kappa shape index (κ3) is 8.15. The van der Waals surface area contributed by atoms with E-state index in [1.54, 1.807) is 58.0 Å². The topological polar surface area (TPSA) is 164 Å². The van der Waals surface area contributed by atoms with E-state index < -0.39 is 42.1 Å². The first-order chi connectivity index (χ1) is 16.9. The molecule has 3 N–H and O–H groups in total. The number of nitrogens with one attached hydrogen (secondary N) is 2. The molecule has 0 aliphatic heterocycles. The Morgan fingerprint density at radius 1 is 1.17 bits per heavy atom. The number of Topliss-reactive ketones (excluding diaryl/α,β-unsaturated/α-hetero) is 1. The summed E-state index contributed by atoms with van der Waals surface area (Å²) in [7, 11) is 4.81. The van der Waals surface area contributed by atoms with E-state index in [1.165, 1.54) is 7.11 Å². The second kappa shape index (κ2) is 12.8. The lowest BCUT2D eigenvalue weighted by Gasteiger charge is -2.25. The molecule has 0 aliphatic rings. The van der Waals surface area contributed by atoms with Crippen LogP contribution in [0.15, 0.2) is 22.7 Å². The Balaban J connectivity index is 2.17. The van der Waals surface area contributed by atoms with E-state index in [-0.39, 0.29) is 18.9 Å². The molecule has 2 rings (SSSR count). The van der Waals surface area contributed by atoms with Gasteiger partial charge in [-0.25, -0.2) is 0 Å². The zero-order valence-corrected chi connectivity index (χ0v) is 21.3. The number of rotatable bonds is 13. The minimum absolute atomic E-state index is 0.0351. The minimum Gasteiger partial charge on any atom is -0.496 e. The highest BCUT2D eigenvalue weighted by Gasteiger charge is 2.30. The third-order valence-corrected chi connectivity index (χ3v) is 5.23. The number of aryl methyl sites for hydroxylation is 1. The second-order valence-electron chi connectivity index (χ2n) is 9.00. The zero-order valence-electron chi connectivity index (χ0n) is 21.3. The molecule has 2 aromatic rings. The summed E-state index contributed by atoms with van der Waals surface area (Å²) in [6.45, 7) is 5.12. The Morgan fingerprint density at radius 2 is 1.86 bits per heavy atom. The predicted octanol–water partition coefficient (Wildman–Crippen LogP) is 0.827. The largest absolute Gasteiger partial charge is 0.496 e. The van der Waals surface area contributed by atoms with Gasteiger partial charge < -0.3 is 29.9 Å². The molecule has 2 atom stereocenters. The molecule has 2 amide bonds. The SMILES string of the molecule is COc1ccc(-c2nc(C)no2)cc1CC(=O)N[C@H](C(=O)N[C@@H](CC(=O)O)C(=O)CN(C)C)C(C)C. The highest BCUT2D eigenvalue weighted by atomic mass is 16.5. The Labute approximate surface area is 209 Å². The molecule has 1 heterocycles. The maximum Gasteiger partial charge on any atom is 0.305 e. The Kier molecular flexibility index (Phi) is 10.1. The number of hydrogen-bond donors (Lipinski definition) is 3. The average Bonchev–Trinajstić information content (AvgIpc) is 3.22. The third-order valence-electron chi connectivity index (χ3n) is 5.23. The maximum atomic E-state index is 13.0. The molecule has 0 fully saturated rings. The van der Waals surface area contributed by atoms with Gasteiger partial charge in [-0.3, -0.25) is 19.2 Å². The number of nitrogens with zero attached hydrogens (tertiary/aromatic N) is 3. The van der Waals surface area contributed by atoms with E-state index in [4.69, 9.17) is 9.26 Å². The summed E-state index contributed by atoms with van der Waals surface area (Å²) in [5, 5.41) is 18.1. The number of amides is 2. The molecule has 0 spiro atoms. The Hall–Kier alpha value is -3.80. The fraction of sp³-hybridized carbons (Fsp3) is 0.500. The number of carbonyl (C=O) groups is 4. The number of hydrogen-bond acceptors (Lipinski definition) is 9. The van der Waals surface area contributed by atoms with Crippen LogP contribution in [0, 0.1) is 12.8 Å². The van der Waals surface area contributed by atoms with E-state index >= 15 is 0 Å². The first kappa shape index (κ1) is 28.4. The van der Waals surface area contributed by atoms with Gasteiger partial charge >= 0.3 is 5.97 Å². The first-order valence-corrected chi connectivity index (χ1v) is 11.4. The van der Waals surface area contributed by atoms with Crippen LogP contribution in [0.5, 0.6) is 5.75 Å². The number of carbonyl (C=O) groups excluding carboxylic acids is 3. The van der Waals surface area contributed by atoms with E-state index in [0.717, 1.165) is 0 Å². The van der Waals surface area contributed by atoms with Crippen LogP contribution >= 0.6 is 0 Å². The molecule has 36 heavy (non-hydrogen) atoms. The van der Waals surface area contributed by atoms with E-state index in [2.05, 4.69) is 20.8 Å². The number of carboxylic acids is 1. The summed E-state index contributed by atoms with van der Waals surface area (Å²) in [6.07, 6.45) is -0.672. The number of methoxy groups -OCH3 is 1. The monoisotopic (exact) mass is 503 g/mol. The molecular weight excluding hydrogens is 470 g/mol. The van der Waals surface area contributed by atoms with Gasteiger partial charge in [0.1, 0.15) is 11.8 Å². The molecule has 0 bridgehead atoms. The molecule has 0 aliphatic carbocycles. The Morgan fingerprint density at radius 3 is 2.39 bits per heavy atom. The van der Waals surface area contributed by atoms with Gasteiger partial charge in [0.15, 0.2) is 11.6 Å². The quantitative estimate of drug-likeness (QED) is 0.356. The van der Waals surface area contributed by atoms with Crippen molar-refractivity contribution in [2.45, 2.75) is 45.7 Å². The standard InChI is InChI=1S/C24H33N5O7/c1-13(2)22(23(34)26-17(11-21(32)33)18(30)12-29(4)5)27-20(31)10-16-9-15(7-8-19(16)35-6)24-25-14(3)28-36-24/h7-9,13,17,22H,10-12H2,1-6H3,(H,26,34)(H,27,31)(H,32,33)/t17-,22-/m0/s1. The molecule has 0 saturated heterocycles. The van der Waals surface area contributed by atoms with E-state index in [0.29, 0.717) is 28.6 Å². The zero-order chi connectivity index (χ0) is 27.0. The highest BCUT2D eigenvalue weighted by molar-refractivity contribution is 5.95. The molecule has 12 heteroatoms. The molecule has 196 valence electrons. The summed E-state index contributed by atoms with van der Waals surface area (Å²) < 4.78 is 10.6. The number of aromatic nitrogens is 2. The highest BCUT2D eigenvalue weighted by Crippen LogP contribution is 2.26. The number of ketones is 1. The number of aliphatic carboxylic acids is 1. The lowest BCUT2D eigenvalue weighted by atomic mass is 10.0. The molecule has 12 nitrogen and oxygen atoms in total. The molecule has 0 radical (unpaired) electrons. The molecule has 1 aromatic heterocycles. The van der Waals surface area contributed by atoms with Gasteiger partial charge in [0.25, 0.3) is 5.89 Å². The fourth-order valence-electron chi connectivity index (χ4n) is 3.50. The lowest BCUT2D eigenvalue weighted by Crippen LogP contribution is -2.55. The van der Waals surface area contributed by atoms with Crippen LogP contribution in [0.4, 0.5) is 0 Å². The average molecular weight is 504 g/mol. The molecule has 0 saturated carbocycles. The summed E-state index contributed by atoms with van der Waals surface area (Å²) in [5.74, 6) is -1.87. The number of likely N-dealkylation sites (N-methyl/N-ethyl adjacent to an activating group) is 1. The fourth-order valence-corrected chi connectivity index (χ4v) is 3.50. The van der Waals surface area contributed by atoms with Crippen LogP contribution in [0.3, 0.4) is 0 Å². The summed E-state index contributed by atoms with van der Waals surface area (Å²) in [4.78, 5) is 55.4. The van der Waals surface area contributed by atoms with Crippen molar-refractivity contribution in [1.82, 2.24) is 25.7 Å². The van der Waals surface area contributed by atoms with Crippen molar-refractivity contribution >= 4 is 23.6 Å². The van der Waals surface area contributed by atoms with Crippen molar-refractivity contribution in [3.63, 3.8) is 0 Å². The van der Waals surface area contributed by atoms with Gasteiger partial charge in [0.2, 0.25) is 11.8 Å². The summed E-state index contributed by atoms with van der Waals surface area (Å²) in [6, 6.07) is 2.89. The van der Waals surface area contributed by atoms with Gasteiger partial charge in [0, 0.05) is 11.1 Å². The summed E-state index contributed by atoms with van der Waals surface area (Å²) >= 11 is 0. The maximum absolute atomic E-state index is 13.0. The molecule has 0 unspecified atom stereocenters. The van der Waals surface area contributed by atoms with Crippen molar-refractivity contribution < 1.29 is 33.5 Å². The van der Waals surface area contributed by atoms with Crippen molar-refractivity contribution in [2.24, 2.45) is 5.92 Å². The predicted molar refractivity (Wildman–Crippen MR) is 129 cm³/mol. The molecule has 1 aromatic carbocycles. The van der Waals surface area contributed by atoms with Gasteiger partial charge in [-0.05, 0) is 45.1 Å². The lowest BCUT2D eigenvalue weighted by molar-refractivity contribution is -0.140. The smallest absolute Gasteiger partial charge is 0.305 e. The van der Waals surface area contributed by atoms with Crippen LogP contribution < -0.4 is 15.4 Å². The van der Waals surface area contributed by atoms with Crippen molar-refractivity contribution in [3.05, 3.63) is 29.6 Å². The van der Waals surface area contributed by atoms with Crippen molar-refractivity contribution in [2.75, 3.05) is 27.7 Å². The van der Waals surface area contributed by atoms with Crippen LogP contribution in [0.1, 0.15) is 31.7 Å². The number of carboxylic acid groups (broad SMARTS) is 1. The summed E-state index contributed by atoms with van der Waals surface area (Å²) in [5.41, 5.74) is 1.14. The van der Waals surface area contributed by atoms with Crippen LogP contribution in [0.25, 0.3) is 11.5 Å². The van der Waals surface area contributed by atoms with Crippen LogP contribution in [-0.2, 0) is 25.6 Å². The second-order valence-corrected chi connectivity index (χ2v) is 9.00. The van der Waals surface area contributed by atoms with Gasteiger partial charge in [-0.2, -0.15) is 4.98 Å². The van der Waals surface area contributed by atoms with Crippen molar-refractivity contribution in [1.29, 1.82) is 0 Å². The van der Waals surface area contributed by atoms with Gasteiger partial charge in [-0.15, -0.1) is 0 Å². The number of ether oxygens (including phenoxy) is 1. The van der Waals surface area contributed by atoms with Crippen LogP contribution in [-0.4, -0.2) is 83.5 Å². The molecular formula is C24H33N5O7. The normalized spacial score (nSPS) is 12.8.